The molecule has 0 saturated heterocycles. The zero-order valence-corrected chi connectivity index (χ0v) is 9.38. The van der Waals surface area contributed by atoms with Crippen LogP contribution in [0.25, 0.3) is 0 Å². The van der Waals surface area contributed by atoms with E-state index in [0.717, 1.165) is 5.92 Å². The minimum atomic E-state index is 0.257. The predicted molar refractivity (Wildman–Crippen MR) is 59.4 cm³/mol. The average molecular weight is 189 g/mol. The van der Waals surface area contributed by atoms with Crippen molar-refractivity contribution in [2.75, 3.05) is 0 Å². The van der Waals surface area contributed by atoms with E-state index in [-0.39, 0.29) is 5.41 Å². The molecule has 1 nitrogen and oxygen atoms in total. The van der Waals surface area contributed by atoms with Crippen LogP contribution in [0.5, 0.6) is 0 Å². The third kappa shape index (κ3) is 2.14. The molecule has 1 aromatic heterocycles. The third-order valence-electron chi connectivity index (χ3n) is 2.92. The predicted octanol–water partition coefficient (Wildman–Crippen LogP) is 3.33. The Labute approximate surface area is 86.6 Å². The molecule has 1 heterocycles. The van der Waals surface area contributed by atoms with E-state index in [1.165, 1.54) is 30.4 Å². The molecular formula is C13H19N. The van der Waals surface area contributed by atoms with Crippen molar-refractivity contribution < 1.29 is 0 Å². The normalized spacial score (nSPS) is 17.1. The standard InChI is InChI=1S/C13H19N/c1-13(2,3)12-6-7-14-9-11(12)8-10-4-5-10/h6-7,9-10H,4-5,8H2,1-3H3. The largest absolute Gasteiger partial charge is 0.264 e. The second-order valence-corrected chi connectivity index (χ2v) is 5.43. The van der Waals surface area contributed by atoms with E-state index in [0.29, 0.717) is 0 Å². The summed E-state index contributed by atoms with van der Waals surface area (Å²) in [5.41, 5.74) is 3.19. The molecule has 1 aromatic rings. The van der Waals surface area contributed by atoms with E-state index in [9.17, 15) is 0 Å². The Balaban J connectivity index is 2.27. The van der Waals surface area contributed by atoms with Gasteiger partial charge in [0.25, 0.3) is 0 Å². The third-order valence-corrected chi connectivity index (χ3v) is 2.92. The number of nitrogens with zero attached hydrogens (tertiary/aromatic N) is 1. The molecule has 0 aromatic carbocycles. The van der Waals surface area contributed by atoms with Crippen molar-refractivity contribution in [2.24, 2.45) is 5.92 Å². The van der Waals surface area contributed by atoms with Crippen molar-refractivity contribution in [3.8, 4) is 0 Å². The number of pyridine rings is 1. The van der Waals surface area contributed by atoms with Gasteiger partial charge in [0.15, 0.2) is 0 Å². The van der Waals surface area contributed by atoms with Gasteiger partial charge in [-0.3, -0.25) is 4.98 Å². The summed E-state index contributed by atoms with van der Waals surface area (Å²) >= 11 is 0. The first-order valence-electron chi connectivity index (χ1n) is 5.51. The summed E-state index contributed by atoms with van der Waals surface area (Å²) in [5, 5.41) is 0. The molecule has 1 heteroatoms. The SMILES string of the molecule is CC(C)(C)c1ccncc1CC1CC1. The van der Waals surface area contributed by atoms with Crippen LogP contribution in [-0.2, 0) is 11.8 Å². The summed E-state index contributed by atoms with van der Waals surface area (Å²) < 4.78 is 0. The lowest BCUT2D eigenvalue weighted by molar-refractivity contribution is 0.577. The molecule has 0 radical (unpaired) electrons. The highest BCUT2D eigenvalue weighted by Gasteiger charge is 2.25. The summed E-state index contributed by atoms with van der Waals surface area (Å²) in [6.07, 6.45) is 8.04. The van der Waals surface area contributed by atoms with E-state index in [1.807, 2.05) is 6.20 Å². The van der Waals surface area contributed by atoms with Gasteiger partial charge in [0.2, 0.25) is 0 Å². The monoisotopic (exact) mass is 189 g/mol. The highest BCUT2D eigenvalue weighted by Crippen LogP contribution is 2.35. The fraction of sp³-hybridized carbons (Fsp3) is 0.615. The van der Waals surface area contributed by atoms with Crippen LogP contribution in [0.1, 0.15) is 44.7 Å². The smallest absolute Gasteiger partial charge is 0.0302 e. The van der Waals surface area contributed by atoms with Crippen molar-refractivity contribution >= 4 is 0 Å². The quantitative estimate of drug-likeness (QED) is 0.695. The maximum absolute atomic E-state index is 4.24. The molecule has 0 bridgehead atoms. The van der Waals surface area contributed by atoms with Crippen LogP contribution in [0.2, 0.25) is 0 Å². The van der Waals surface area contributed by atoms with Gasteiger partial charge in [-0.25, -0.2) is 0 Å². The summed E-state index contributed by atoms with van der Waals surface area (Å²) in [4.78, 5) is 4.24. The van der Waals surface area contributed by atoms with Gasteiger partial charge in [-0.15, -0.1) is 0 Å². The lowest BCUT2D eigenvalue weighted by Crippen LogP contribution is -2.14. The zero-order chi connectivity index (χ0) is 10.2. The van der Waals surface area contributed by atoms with Crippen molar-refractivity contribution in [3.05, 3.63) is 29.6 Å². The van der Waals surface area contributed by atoms with Gasteiger partial charge < -0.3 is 0 Å². The van der Waals surface area contributed by atoms with Gasteiger partial charge in [-0.2, -0.15) is 0 Å². The molecule has 1 aliphatic rings. The average Bonchev–Trinajstić information content (AvgIpc) is 2.87. The molecule has 0 spiro atoms. The Bertz CT molecular complexity index is 318. The highest BCUT2D eigenvalue weighted by molar-refractivity contribution is 5.30. The first kappa shape index (κ1) is 9.70. The van der Waals surface area contributed by atoms with Gasteiger partial charge in [0, 0.05) is 12.4 Å². The fourth-order valence-electron chi connectivity index (χ4n) is 1.95. The van der Waals surface area contributed by atoms with E-state index in [2.05, 4.69) is 38.0 Å². The van der Waals surface area contributed by atoms with E-state index < -0.39 is 0 Å². The Kier molecular flexibility index (Phi) is 2.34. The Morgan fingerprint density at radius 2 is 2.07 bits per heavy atom. The second-order valence-electron chi connectivity index (χ2n) is 5.43. The molecule has 1 saturated carbocycles. The molecule has 0 N–H and O–H groups in total. The lowest BCUT2D eigenvalue weighted by atomic mass is 9.83. The lowest BCUT2D eigenvalue weighted by Gasteiger charge is -2.22. The zero-order valence-electron chi connectivity index (χ0n) is 9.38. The van der Waals surface area contributed by atoms with Crippen molar-refractivity contribution in [2.45, 2.75) is 45.4 Å². The number of rotatable bonds is 2. The van der Waals surface area contributed by atoms with E-state index >= 15 is 0 Å². The molecule has 0 amide bonds. The van der Waals surface area contributed by atoms with Crippen LogP contribution in [0.15, 0.2) is 18.5 Å². The van der Waals surface area contributed by atoms with Crippen LogP contribution < -0.4 is 0 Å². The summed E-state index contributed by atoms with van der Waals surface area (Å²) in [7, 11) is 0. The molecule has 0 aliphatic heterocycles. The second kappa shape index (κ2) is 3.38. The Hall–Kier alpha value is -0.850. The Morgan fingerprint density at radius 3 is 2.64 bits per heavy atom. The van der Waals surface area contributed by atoms with Gasteiger partial charge >= 0.3 is 0 Å². The molecular weight excluding hydrogens is 170 g/mol. The fourth-order valence-corrected chi connectivity index (χ4v) is 1.95. The van der Waals surface area contributed by atoms with Crippen LogP contribution in [0.4, 0.5) is 0 Å². The molecule has 14 heavy (non-hydrogen) atoms. The first-order chi connectivity index (χ1) is 6.57. The molecule has 1 fully saturated rings. The van der Waals surface area contributed by atoms with Crippen molar-refractivity contribution in [1.29, 1.82) is 0 Å². The van der Waals surface area contributed by atoms with E-state index in [1.54, 1.807) is 0 Å². The van der Waals surface area contributed by atoms with Gasteiger partial charge in [0.1, 0.15) is 0 Å². The summed E-state index contributed by atoms with van der Waals surface area (Å²) in [6.45, 7) is 6.83. The van der Waals surface area contributed by atoms with Crippen molar-refractivity contribution in [1.82, 2.24) is 4.98 Å². The van der Waals surface area contributed by atoms with Crippen LogP contribution in [0.3, 0.4) is 0 Å². The van der Waals surface area contributed by atoms with Crippen LogP contribution >= 0.6 is 0 Å². The number of hydrogen-bond acceptors (Lipinski definition) is 1. The van der Waals surface area contributed by atoms with Gasteiger partial charge in [-0.1, -0.05) is 20.8 Å². The summed E-state index contributed by atoms with van der Waals surface area (Å²) in [6, 6.07) is 2.18. The number of hydrogen-bond donors (Lipinski definition) is 0. The highest BCUT2D eigenvalue weighted by atomic mass is 14.6. The first-order valence-corrected chi connectivity index (χ1v) is 5.51. The maximum Gasteiger partial charge on any atom is 0.0302 e. The number of aromatic nitrogens is 1. The molecule has 0 unspecified atom stereocenters. The van der Waals surface area contributed by atoms with Crippen LogP contribution in [0, 0.1) is 5.92 Å². The molecule has 2 rings (SSSR count). The van der Waals surface area contributed by atoms with Crippen LogP contribution in [-0.4, -0.2) is 4.98 Å². The molecule has 76 valence electrons. The summed E-state index contributed by atoms with van der Waals surface area (Å²) in [5.74, 6) is 0.945. The minimum absolute atomic E-state index is 0.257. The minimum Gasteiger partial charge on any atom is -0.264 e. The van der Waals surface area contributed by atoms with E-state index in [4.69, 9.17) is 0 Å². The molecule has 0 atom stereocenters. The Morgan fingerprint density at radius 1 is 1.36 bits per heavy atom. The maximum atomic E-state index is 4.24. The molecule has 1 aliphatic carbocycles. The van der Waals surface area contributed by atoms with Gasteiger partial charge in [0.05, 0.1) is 0 Å². The van der Waals surface area contributed by atoms with Gasteiger partial charge in [-0.05, 0) is 47.8 Å². The topological polar surface area (TPSA) is 12.9 Å². The van der Waals surface area contributed by atoms with Crippen molar-refractivity contribution in [3.63, 3.8) is 0 Å².